The Morgan fingerprint density at radius 1 is 0.833 bits per heavy atom. The largest absolute Gasteiger partial charge is 0.289 e. The molecule has 1 aromatic heterocycles. The van der Waals surface area contributed by atoms with Crippen LogP contribution in [0.4, 0.5) is 5.82 Å². The van der Waals surface area contributed by atoms with Crippen LogP contribution in [0.25, 0.3) is 10.8 Å². The van der Waals surface area contributed by atoms with Gasteiger partial charge in [-0.3, -0.25) is 9.91 Å². The summed E-state index contributed by atoms with van der Waals surface area (Å²) in [4.78, 5) is 5.66. The highest BCUT2D eigenvalue weighted by molar-refractivity contribution is 5.99. The zero-order valence-corrected chi connectivity index (χ0v) is 13.6. The molecule has 1 saturated heterocycles. The van der Waals surface area contributed by atoms with Gasteiger partial charge >= 0.3 is 0 Å². The van der Waals surface area contributed by atoms with Gasteiger partial charge in [-0.1, -0.05) is 48.5 Å². The molecule has 1 aliphatic rings. The summed E-state index contributed by atoms with van der Waals surface area (Å²) >= 11 is 0. The van der Waals surface area contributed by atoms with Gasteiger partial charge < -0.3 is 0 Å². The molecule has 0 radical (unpaired) electrons. The summed E-state index contributed by atoms with van der Waals surface area (Å²) in [5.74, 6) is 1.18. The molecular weight excluding hydrogens is 296 g/mol. The van der Waals surface area contributed by atoms with Gasteiger partial charge in [0.05, 0.1) is 25.5 Å². The van der Waals surface area contributed by atoms with Gasteiger partial charge in [-0.2, -0.15) is 5.10 Å². The predicted molar refractivity (Wildman–Crippen MR) is 98.3 cm³/mol. The maximum Gasteiger partial charge on any atom is 0.274 e. The second-order valence-corrected chi connectivity index (χ2v) is 6.00. The Morgan fingerprint density at radius 2 is 1.62 bits per heavy atom. The first-order valence-corrected chi connectivity index (χ1v) is 8.38. The lowest BCUT2D eigenvalue weighted by Gasteiger charge is -2.28. The number of piperazine rings is 1. The van der Waals surface area contributed by atoms with Crippen molar-refractivity contribution in [2.24, 2.45) is 5.10 Å². The molecule has 4 rings (SSSR count). The van der Waals surface area contributed by atoms with Gasteiger partial charge in [0.15, 0.2) is 0 Å². The Balaban J connectivity index is 1.44. The van der Waals surface area contributed by atoms with Crippen LogP contribution in [-0.2, 0) is 0 Å². The molecule has 120 valence electrons. The predicted octanol–water partition coefficient (Wildman–Crippen LogP) is 2.81. The highest BCUT2D eigenvalue weighted by atomic mass is 15.5. The third-order valence-corrected chi connectivity index (χ3v) is 4.47. The van der Waals surface area contributed by atoms with Crippen LogP contribution in [0.1, 0.15) is 5.56 Å². The molecule has 0 aliphatic carbocycles. The van der Waals surface area contributed by atoms with Crippen LogP contribution in [0.5, 0.6) is 0 Å². The zero-order chi connectivity index (χ0) is 16.2. The third kappa shape index (κ3) is 3.08. The number of pyridine rings is 1. The lowest BCUT2D eigenvalue weighted by Crippen LogP contribution is -2.45. The molecule has 0 bridgehead atoms. The minimum Gasteiger partial charge on any atom is -0.289 e. The zero-order valence-electron chi connectivity index (χ0n) is 13.6. The smallest absolute Gasteiger partial charge is 0.274 e. The van der Waals surface area contributed by atoms with Crippen molar-refractivity contribution < 1.29 is 4.98 Å². The summed E-state index contributed by atoms with van der Waals surface area (Å²) in [7, 11) is 0. The number of hydrogen-bond donors (Lipinski definition) is 0. The van der Waals surface area contributed by atoms with E-state index >= 15 is 0 Å². The van der Waals surface area contributed by atoms with Gasteiger partial charge in [-0.05, 0) is 16.8 Å². The van der Waals surface area contributed by atoms with Crippen molar-refractivity contribution in [2.75, 3.05) is 31.1 Å². The summed E-state index contributed by atoms with van der Waals surface area (Å²) < 4.78 is 0. The molecule has 2 aromatic carbocycles. The van der Waals surface area contributed by atoms with Crippen LogP contribution < -0.4 is 9.88 Å². The number of hydrogen-bond acceptors (Lipinski definition) is 3. The highest BCUT2D eigenvalue weighted by Crippen LogP contribution is 2.17. The van der Waals surface area contributed by atoms with Crippen molar-refractivity contribution in [3.8, 4) is 0 Å². The second kappa shape index (κ2) is 6.71. The molecular formula is C20H21N4+. The molecule has 0 unspecified atom stereocenters. The molecule has 4 nitrogen and oxygen atoms in total. The van der Waals surface area contributed by atoms with Gasteiger partial charge in [0.2, 0.25) is 0 Å². The average Bonchev–Trinajstić information content (AvgIpc) is 2.67. The van der Waals surface area contributed by atoms with Gasteiger partial charge in [0.25, 0.3) is 5.82 Å². The first kappa shape index (κ1) is 14.7. The van der Waals surface area contributed by atoms with Crippen molar-refractivity contribution in [2.45, 2.75) is 0 Å². The molecule has 0 atom stereocenters. The SMILES string of the molecule is C(=N\N1CCN(c2cccc[nH+]2)CC1)/c1cccc2ccccc12. The molecule has 1 N–H and O–H groups in total. The van der Waals surface area contributed by atoms with E-state index in [9.17, 15) is 0 Å². The van der Waals surface area contributed by atoms with E-state index in [1.807, 2.05) is 18.5 Å². The number of aromatic nitrogens is 1. The Bertz CT molecular complexity index is 831. The van der Waals surface area contributed by atoms with Crippen molar-refractivity contribution in [3.05, 3.63) is 72.4 Å². The number of rotatable bonds is 3. The van der Waals surface area contributed by atoms with E-state index in [2.05, 4.69) is 69.5 Å². The molecule has 0 spiro atoms. The quantitative estimate of drug-likeness (QED) is 0.696. The number of nitrogens with zero attached hydrogens (tertiary/aromatic N) is 3. The maximum atomic E-state index is 4.70. The first-order chi connectivity index (χ1) is 11.9. The van der Waals surface area contributed by atoms with Crippen molar-refractivity contribution in [1.29, 1.82) is 0 Å². The molecule has 4 heteroatoms. The van der Waals surface area contributed by atoms with Gasteiger partial charge in [-0.25, -0.2) is 4.98 Å². The molecule has 0 saturated carbocycles. The number of hydrazone groups is 1. The summed E-state index contributed by atoms with van der Waals surface area (Å²) in [6.07, 6.45) is 3.97. The molecule has 2 heterocycles. The number of benzene rings is 2. The van der Waals surface area contributed by atoms with Crippen molar-refractivity contribution in [1.82, 2.24) is 5.01 Å². The molecule has 1 aliphatic heterocycles. The minimum atomic E-state index is 0.935. The summed E-state index contributed by atoms with van der Waals surface area (Å²) in [5.41, 5.74) is 1.17. The van der Waals surface area contributed by atoms with Crippen LogP contribution in [0.15, 0.2) is 72.0 Å². The standard InChI is InChI=1S/C20H20N4/c1-2-9-19-17(6-1)7-5-8-18(19)16-22-24-14-12-23(13-15-24)20-10-3-4-11-21-20/h1-11,16H,12-15H2/p+1/b22-16+. The van der Waals surface area contributed by atoms with Crippen LogP contribution in [0.2, 0.25) is 0 Å². The topological polar surface area (TPSA) is 33.0 Å². The van der Waals surface area contributed by atoms with Gasteiger partial charge in [0, 0.05) is 11.6 Å². The fourth-order valence-electron chi connectivity index (χ4n) is 3.14. The van der Waals surface area contributed by atoms with E-state index in [0.29, 0.717) is 0 Å². The van der Waals surface area contributed by atoms with Crippen LogP contribution in [0, 0.1) is 0 Å². The molecule has 0 amide bonds. The Hall–Kier alpha value is -2.88. The number of fused-ring (bicyclic) bond motifs is 1. The number of nitrogens with one attached hydrogen (secondary N) is 1. The Kier molecular flexibility index (Phi) is 4.11. The first-order valence-electron chi connectivity index (χ1n) is 8.38. The van der Waals surface area contributed by atoms with Crippen LogP contribution in [0.3, 0.4) is 0 Å². The summed E-state index contributed by atoms with van der Waals surface area (Å²) in [6, 6.07) is 21.0. The highest BCUT2D eigenvalue weighted by Gasteiger charge is 2.21. The van der Waals surface area contributed by atoms with E-state index in [1.54, 1.807) is 0 Å². The minimum absolute atomic E-state index is 0.935. The number of anilines is 1. The lowest BCUT2D eigenvalue weighted by molar-refractivity contribution is -0.364. The van der Waals surface area contributed by atoms with E-state index in [1.165, 1.54) is 22.2 Å². The Labute approximate surface area is 142 Å². The molecule has 3 aromatic rings. The monoisotopic (exact) mass is 317 g/mol. The van der Waals surface area contributed by atoms with Crippen LogP contribution in [-0.4, -0.2) is 37.4 Å². The fraction of sp³-hybridized carbons (Fsp3) is 0.200. The van der Waals surface area contributed by atoms with Crippen LogP contribution >= 0.6 is 0 Å². The summed E-state index contributed by atoms with van der Waals surface area (Å²) in [6.45, 7) is 3.83. The van der Waals surface area contributed by atoms with Gasteiger partial charge in [-0.15, -0.1) is 0 Å². The fourth-order valence-corrected chi connectivity index (χ4v) is 3.14. The third-order valence-electron chi connectivity index (χ3n) is 4.47. The molecule has 1 fully saturated rings. The van der Waals surface area contributed by atoms with Crippen molar-refractivity contribution in [3.63, 3.8) is 0 Å². The number of H-pyrrole nitrogens is 1. The number of aromatic amines is 1. The lowest BCUT2D eigenvalue weighted by atomic mass is 10.1. The van der Waals surface area contributed by atoms with Gasteiger partial charge in [0.1, 0.15) is 13.1 Å². The van der Waals surface area contributed by atoms with E-state index in [-0.39, 0.29) is 0 Å². The second-order valence-electron chi connectivity index (χ2n) is 6.00. The van der Waals surface area contributed by atoms with E-state index in [0.717, 1.165) is 26.2 Å². The molecule has 24 heavy (non-hydrogen) atoms. The Morgan fingerprint density at radius 3 is 2.46 bits per heavy atom. The maximum absolute atomic E-state index is 4.70. The van der Waals surface area contributed by atoms with Crippen molar-refractivity contribution >= 4 is 22.8 Å². The normalized spacial score (nSPS) is 15.3. The average molecular weight is 317 g/mol. The van der Waals surface area contributed by atoms with E-state index < -0.39 is 0 Å². The van der Waals surface area contributed by atoms with E-state index in [4.69, 9.17) is 5.10 Å². The summed E-state index contributed by atoms with van der Waals surface area (Å²) in [5, 5.41) is 9.36.